The van der Waals surface area contributed by atoms with Crippen LogP contribution in [-0.4, -0.2) is 18.5 Å². The van der Waals surface area contributed by atoms with Crippen LogP contribution in [0.4, 0.5) is 4.39 Å². The van der Waals surface area contributed by atoms with Crippen LogP contribution in [0.3, 0.4) is 0 Å². The van der Waals surface area contributed by atoms with Gasteiger partial charge in [-0.3, -0.25) is 0 Å². The molecule has 2 aromatic carbocycles. The summed E-state index contributed by atoms with van der Waals surface area (Å²) in [6.07, 6.45) is 0. The minimum absolute atomic E-state index is 0.136. The molecule has 0 fully saturated rings. The standard InChI is InChI=1S/C17H19ClFN/c1-13-10-15(8-9-17(13)19)16(18)12-20(2)11-14-6-4-3-5-7-14/h3-10,16H,11-12H2,1-2H3. The Bertz CT molecular complexity index is 556. The molecule has 1 unspecified atom stereocenters. The molecule has 0 heterocycles. The van der Waals surface area contributed by atoms with Gasteiger partial charge < -0.3 is 4.90 Å². The second-order valence-corrected chi connectivity index (χ2v) is 5.69. The molecular formula is C17H19ClFN. The van der Waals surface area contributed by atoms with E-state index in [2.05, 4.69) is 17.0 Å². The molecule has 0 aliphatic heterocycles. The molecule has 1 nitrogen and oxygen atoms in total. The topological polar surface area (TPSA) is 3.24 Å². The molecule has 0 aromatic heterocycles. The van der Waals surface area contributed by atoms with E-state index in [0.29, 0.717) is 5.56 Å². The van der Waals surface area contributed by atoms with E-state index in [1.54, 1.807) is 13.0 Å². The molecule has 3 heteroatoms. The highest BCUT2D eigenvalue weighted by atomic mass is 35.5. The quantitative estimate of drug-likeness (QED) is 0.731. The van der Waals surface area contributed by atoms with Gasteiger partial charge in [0, 0.05) is 13.1 Å². The van der Waals surface area contributed by atoms with Crippen molar-refractivity contribution >= 4 is 11.6 Å². The van der Waals surface area contributed by atoms with Gasteiger partial charge in [-0.25, -0.2) is 4.39 Å². The summed E-state index contributed by atoms with van der Waals surface area (Å²) in [7, 11) is 2.04. The Balaban J connectivity index is 1.96. The van der Waals surface area contributed by atoms with Crippen molar-refractivity contribution in [2.75, 3.05) is 13.6 Å². The Hall–Kier alpha value is -1.38. The number of nitrogens with zero attached hydrogens (tertiary/aromatic N) is 1. The highest BCUT2D eigenvalue weighted by Crippen LogP contribution is 2.23. The average molecular weight is 292 g/mol. The van der Waals surface area contributed by atoms with Gasteiger partial charge in [-0.2, -0.15) is 0 Å². The third kappa shape index (κ3) is 4.06. The van der Waals surface area contributed by atoms with Crippen LogP contribution in [0.5, 0.6) is 0 Å². The molecule has 0 N–H and O–H groups in total. The zero-order valence-corrected chi connectivity index (χ0v) is 12.6. The van der Waals surface area contributed by atoms with Crippen molar-refractivity contribution in [1.29, 1.82) is 0 Å². The molecule has 2 aromatic rings. The largest absolute Gasteiger partial charge is 0.300 e. The first-order chi connectivity index (χ1) is 9.56. The van der Waals surface area contributed by atoms with Gasteiger partial charge in [0.15, 0.2) is 0 Å². The summed E-state index contributed by atoms with van der Waals surface area (Å²) in [6.45, 7) is 3.34. The fourth-order valence-corrected chi connectivity index (χ4v) is 2.57. The number of alkyl halides is 1. The first-order valence-corrected chi connectivity index (χ1v) is 7.12. The summed E-state index contributed by atoms with van der Waals surface area (Å²) in [5.74, 6) is -0.185. The molecule has 1 atom stereocenters. The lowest BCUT2D eigenvalue weighted by atomic mass is 10.1. The predicted molar refractivity (Wildman–Crippen MR) is 82.5 cm³/mol. The number of hydrogen-bond acceptors (Lipinski definition) is 1. The van der Waals surface area contributed by atoms with E-state index in [4.69, 9.17) is 11.6 Å². The SMILES string of the molecule is Cc1cc(C(Cl)CN(C)Cc2ccccc2)ccc1F. The Morgan fingerprint density at radius 1 is 1.15 bits per heavy atom. The minimum atomic E-state index is -0.185. The van der Waals surface area contributed by atoms with Crippen molar-refractivity contribution in [3.63, 3.8) is 0 Å². The summed E-state index contributed by atoms with van der Waals surface area (Å²) in [5, 5.41) is -0.136. The molecule has 0 saturated carbocycles. The Kier molecular flexibility index (Phi) is 5.16. The van der Waals surface area contributed by atoms with Gasteiger partial charge >= 0.3 is 0 Å². The maximum Gasteiger partial charge on any atom is 0.126 e. The van der Waals surface area contributed by atoms with Crippen molar-refractivity contribution in [2.24, 2.45) is 0 Å². The lowest BCUT2D eigenvalue weighted by Crippen LogP contribution is -2.22. The number of likely N-dealkylation sites (N-methyl/N-ethyl adjacent to an activating group) is 1. The maximum atomic E-state index is 13.3. The lowest BCUT2D eigenvalue weighted by molar-refractivity contribution is 0.327. The summed E-state index contributed by atoms with van der Waals surface area (Å²) in [5.41, 5.74) is 2.86. The van der Waals surface area contributed by atoms with Crippen molar-refractivity contribution in [1.82, 2.24) is 4.90 Å². The maximum absolute atomic E-state index is 13.3. The van der Waals surface area contributed by atoms with Crippen LogP contribution >= 0.6 is 11.6 Å². The van der Waals surface area contributed by atoms with E-state index in [1.807, 2.05) is 31.3 Å². The Morgan fingerprint density at radius 3 is 2.50 bits per heavy atom. The van der Waals surface area contributed by atoms with Gasteiger partial charge in [0.05, 0.1) is 5.38 Å². The van der Waals surface area contributed by atoms with Crippen LogP contribution in [0.25, 0.3) is 0 Å². The molecule has 0 amide bonds. The van der Waals surface area contributed by atoms with Crippen molar-refractivity contribution in [3.05, 3.63) is 71.0 Å². The van der Waals surface area contributed by atoms with Gasteiger partial charge in [-0.05, 0) is 36.7 Å². The Labute approximate surface area is 125 Å². The van der Waals surface area contributed by atoms with Crippen LogP contribution in [0.2, 0.25) is 0 Å². The molecule has 0 aliphatic carbocycles. The Morgan fingerprint density at radius 2 is 1.85 bits per heavy atom. The number of halogens is 2. The number of rotatable bonds is 5. The van der Waals surface area contributed by atoms with E-state index in [1.165, 1.54) is 11.6 Å². The summed E-state index contributed by atoms with van der Waals surface area (Å²) < 4.78 is 13.3. The predicted octanol–water partition coefficient (Wildman–Crippen LogP) is 4.55. The minimum Gasteiger partial charge on any atom is -0.300 e. The first-order valence-electron chi connectivity index (χ1n) is 6.69. The molecule has 106 valence electrons. The van der Waals surface area contributed by atoms with Crippen LogP contribution in [0, 0.1) is 12.7 Å². The van der Waals surface area contributed by atoms with Crippen LogP contribution in [-0.2, 0) is 6.54 Å². The molecule has 0 aliphatic rings. The van der Waals surface area contributed by atoms with E-state index in [-0.39, 0.29) is 11.2 Å². The third-order valence-electron chi connectivity index (χ3n) is 3.31. The van der Waals surface area contributed by atoms with E-state index in [9.17, 15) is 4.39 Å². The molecule has 0 bridgehead atoms. The summed E-state index contributed by atoms with van der Waals surface area (Å²) >= 11 is 6.43. The van der Waals surface area contributed by atoms with Gasteiger partial charge in [0.25, 0.3) is 0 Å². The first kappa shape index (κ1) is 15.0. The fraction of sp³-hybridized carbons (Fsp3) is 0.294. The molecule has 0 radical (unpaired) electrons. The van der Waals surface area contributed by atoms with E-state index in [0.717, 1.165) is 18.7 Å². The van der Waals surface area contributed by atoms with Crippen molar-refractivity contribution in [3.8, 4) is 0 Å². The van der Waals surface area contributed by atoms with Gasteiger partial charge in [-0.15, -0.1) is 11.6 Å². The summed E-state index contributed by atoms with van der Waals surface area (Å²) in [6, 6.07) is 15.3. The van der Waals surface area contributed by atoms with Gasteiger partial charge in [0.1, 0.15) is 5.82 Å². The molecule has 20 heavy (non-hydrogen) atoms. The molecule has 2 rings (SSSR count). The second-order valence-electron chi connectivity index (χ2n) is 5.16. The monoisotopic (exact) mass is 291 g/mol. The lowest BCUT2D eigenvalue weighted by Gasteiger charge is -2.20. The van der Waals surface area contributed by atoms with Crippen LogP contribution < -0.4 is 0 Å². The zero-order chi connectivity index (χ0) is 14.5. The normalized spacial score (nSPS) is 12.7. The van der Waals surface area contributed by atoms with E-state index < -0.39 is 0 Å². The van der Waals surface area contributed by atoms with E-state index >= 15 is 0 Å². The summed E-state index contributed by atoms with van der Waals surface area (Å²) in [4.78, 5) is 2.17. The van der Waals surface area contributed by atoms with Gasteiger partial charge in [0.2, 0.25) is 0 Å². The molecular weight excluding hydrogens is 273 g/mol. The highest BCUT2D eigenvalue weighted by Gasteiger charge is 2.12. The third-order valence-corrected chi connectivity index (χ3v) is 3.70. The van der Waals surface area contributed by atoms with Crippen LogP contribution in [0.1, 0.15) is 22.1 Å². The number of hydrogen-bond donors (Lipinski definition) is 0. The zero-order valence-electron chi connectivity index (χ0n) is 11.8. The smallest absolute Gasteiger partial charge is 0.126 e. The fourth-order valence-electron chi connectivity index (χ4n) is 2.20. The van der Waals surface area contributed by atoms with Crippen molar-refractivity contribution < 1.29 is 4.39 Å². The number of benzene rings is 2. The van der Waals surface area contributed by atoms with Crippen LogP contribution in [0.15, 0.2) is 48.5 Å². The average Bonchev–Trinajstić information content (AvgIpc) is 2.42. The molecule has 0 saturated heterocycles. The number of aryl methyl sites for hydroxylation is 1. The van der Waals surface area contributed by atoms with Gasteiger partial charge in [-0.1, -0.05) is 42.5 Å². The molecule has 0 spiro atoms. The second kappa shape index (κ2) is 6.87. The highest BCUT2D eigenvalue weighted by molar-refractivity contribution is 6.21. The van der Waals surface area contributed by atoms with Crippen molar-refractivity contribution in [2.45, 2.75) is 18.8 Å².